The quantitative estimate of drug-likeness (QED) is 0.255. The molecule has 0 aliphatic rings. The molecule has 6 heteroatoms. The number of thiophene rings is 1. The highest BCUT2D eigenvalue weighted by Crippen LogP contribution is 2.13. The van der Waals surface area contributed by atoms with Crippen LogP contribution in [0.3, 0.4) is 0 Å². The molecule has 0 atom stereocenters. The summed E-state index contributed by atoms with van der Waals surface area (Å²) >= 11 is 1.39. The highest BCUT2D eigenvalue weighted by atomic mass is 32.1. The number of esters is 1. The predicted molar refractivity (Wildman–Crippen MR) is 63.1 cm³/mol. The van der Waals surface area contributed by atoms with Crippen molar-refractivity contribution in [3.8, 4) is 0 Å². The first-order valence-corrected chi connectivity index (χ1v) is 5.93. The second-order valence-corrected chi connectivity index (χ2v) is 4.24. The Morgan fingerprint density at radius 2 is 2.24 bits per heavy atom. The highest BCUT2D eigenvalue weighted by Gasteiger charge is 2.20. The Balaban J connectivity index is 2.40. The molecule has 1 aromatic rings. The number of hydrogen-bond acceptors (Lipinski definition) is 4. The van der Waals surface area contributed by atoms with Gasteiger partial charge in [-0.2, -0.15) is 4.79 Å². The lowest BCUT2D eigenvalue weighted by Gasteiger charge is -1.96. The van der Waals surface area contributed by atoms with Crippen molar-refractivity contribution < 1.29 is 19.1 Å². The van der Waals surface area contributed by atoms with Gasteiger partial charge in [-0.1, -0.05) is 6.07 Å². The van der Waals surface area contributed by atoms with Gasteiger partial charge in [0.25, 0.3) is 0 Å². The third kappa shape index (κ3) is 3.94. The predicted octanol–water partition coefficient (Wildman–Crippen LogP) is 1.94. The highest BCUT2D eigenvalue weighted by molar-refractivity contribution is 7.12. The van der Waals surface area contributed by atoms with Crippen molar-refractivity contribution in [1.29, 1.82) is 0 Å². The summed E-state index contributed by atoms with van der Waals surface area (Å²) in [4.78, 5) is 26.2. The molecule has 1 aromatic heterocycles. The molecule has 17 heavy (non-hydrogen) atoms. The fourth-order valence-electron chi connectivity index (χ4n) is 1.29. The van der Waals surface area contributed by atoms with Crippen LogP contribution < -0.4 is 0 Å². The Bertz CT molecular complexity index is 447. The minimum atomic E-state index is -0.670. The Hall–Kier alpha value is -1.78. The molecule has 0 aromatic carbocycles. The maximum Gasteiger partial charge on any atom is 0.416 e. The van der Waals surface area contributed by atoms with Gasteiger partial charge in [-0.3, -0.25) is 4.79 Å². The summed E-state index contributed by atoms with van der Waals surface area (Å²) in [7, 11) is 1.21. The van der Waals surface area contributed by atoms with E-state index in [4.69, 9.17) is 5.53 Å². The van der Waals surface area contributed by atoms with Crippen LogP contribution in [0.4, 0.5) is 0 Å². The van der Waals surface area contributed by atoms with Crippen LogP contribution in [0, 0.1) is 0 Å². The first-order valence-electron chi connectivity index (χ1n) is 5.05. The third-order valence-electron chi connectivity index (χ3n) is 2.16. The molecule has 1 heterocycles. The van der Waals surface area contributed by atoms with Crippen molar-refractivity contribution in [2.75, 3.05) is 7.11 Å². The van der Waals surface area contributed by atoms with Crippen LogP contribution in [-0.4, -0.2) is 29.4 Å². The molecule has 0 bridgehead atoms. The Morgan fingerprint density at radius 1 is 1.47 bits per heavy atom. The number of carbonyl (C=O) groups excluding carboxylic acids is 2. The van der Waals surface area contributed by atoms with Crippen molar-refractivity contribution in [3.63, 3.8) is 0 Å². The minimum absolute atomic E-state index is 0.0298. The van der Waals surface area contributed by atoms with Crippen LogP contribution in [-0.2, 0) is 9.53 Å². The molecular formula is C11H12N2O3S. The van der Waals surface area contributed by atoms with Crippen LogP contribution in [0.5, 0.6) is 0 Å². The zero-order chi connectivity index (χ0) is 12.7. The number of nitrogens with zero attached hydrogens (tertiary/aromatic N) is 2. The molecule has 0 radical (unpaired) electrons. The average molecular weight is 252 g/mol. The number of Topliss-reactive ketones (excluding diaryl/α,β-unsaturated/α-hetero) is 1. The first kappa shape index (κ1) is 13.3. The van der Waals surface area contributed by atoms with Crippen molar-refractivity contribution in [3.05, 3.63) is 27.9 Å². The lowest BCUT2D eigenvalue weighted by Crippen LogP contribution is -2.17. The van der Waals surface area contributed by atoms with E-state index < -0.39 is 5.97 Å². The fraction of sp³-hybridized carbons (Fsp3) is 0.364. The van der Waals surface area contributed by atoms with Gasteiger partial charge in [0, 0.05) is 6.42 Å². The van der Waals surface area contributed by atoms with E-state index >= 15 is 0 Å². The normalized spacial score (nSPS) is 9.47. The Kier molecular flexibility index (Phi) is 5.26. The van der Waals surface area contributed by atoms with Crippen molar-refractivity contribution in [2.45, 2.75) is 19.3 Å². The number of carbonyl (C=O) groups is 2. The summed E-state index contributed by atoms with van der Waals surface area (Å²) in [6.07, 6.45) is 0.988. The number of ketones is 1. The summed E-state index contributed by atoms with van der Waals surface area (Å²) in [6, 6.07) is 3.57. The van der Waals surface area contributed by atoms with Crippen LogP contribution in [0.25, 0.3) is 5.53 Å². The molecule has 5 nitrogen and oxygen atoms in total. The summed E-state index contributed by atoms with van der Waals surface area (Å²) in [5.41, 5.74) is 8.52. The lowest BCUT2D eigenvalue weighted by molar-refractivity contribution is -0.137. The molecular weight excluding hydrogens is 240 g/mol. The van der Waals surface area contributed by atoms with Gasteiger partial charge in [-0.25, -0.2) is 4.79 Å². The third-order valence-corrected chi connectivity index (χ3v) is 3.07. The van der Waals surface area contributed by atoms with Gasteiger partial charge in [0.15, 0.2) is 5.78 Å². The zero-order valence-electron chi connectivity index (χ0n) is 9.38. The molecule has 0 amide bonds. The summed E-state index contributed by atoms with van der Waals surface area (Å²) in [5.74, 6) is -0.641. The van der Waals surface area contributed by atoms with Gasteiger partial charge in [0.1, 0.15) is 0 Å². The van der Waals surface area contributed by atoms with E-state index in [9.17, 15) is 9.59 Å². The average Bonchev–Trinajstić information content (AvgIpc) is 2.87. The van der Waals surface area contributed by atoms with Gasteiger partial charge in [-0.15, -0.1) is 11.3 Å². The molecule has 90 valence electrons. The minimum Gasteiger partial charge on any atom is -0.460 e. The molecule has 0 saturated heterocycles. The van der Waals surface area contributed by atoms with Gasteiger partial charge < -0.3 is 10.3 Å². The fourth-order valence-corrected chi connectivity index (χ4v) is 1.98. The Morgan fingerprint density at radius 3 is 2.76 bits per heavy atom. The molecule has 1 rings (SSSR count). The van der Waals surface area contributed by atoms with E-state index in [1.807, 2.05) is 11.4 Å². The van der Waals surface area contributed by atoms with Crippen LogP contribution >= 0.6 is 11.3 Å². The van der Waals surface area contributed by atoms with E-state index in [2.05, 4.69) is 9.53 Å². The largest absolute Gasteiger partial charge is 0.460 e. The maximum absolute atomic E-state index is 11.6. The lowest BCUT2D eigenvalue weighted by atomic mass is 10.1. The first-order chi connectivity index (χ1) is 8.19. The number of methoxy groups -OCH3 is 1. The van der Waals surface area contributed by atoms with Gasteiger partial charge in [-0.05, 0) is 17.9 Å². The molecule has 0 spiro atoms. The molecule has 0 saturated carbocycles. The van der Waals surface area contributed by atoms with Crippen molar-refractivity contribution in [2.24, 2.45) is 0 Å². The molecule has 0 unspecified atom stereocenters. The van der Waals surface area contributed by atoms with Crippen LogP contribution in [0.1, 0.15) is 28.9 Å². The summed E-state index contributed by atoms with van der Waals surface area (Å²) < 4.78 is 4.42. The van der Waals surface area contributed by atoms with E-state index in [0.29, 0.717) is 17.7 Å². The second kappa shape index (κ2) is 6.73. The maximum atomic E-state index is 11.6. The number of hydrogen-bond donors (Lipinski definition) is 0. The van der Waals surface area contributed by atoms with Crippen LogP contribution in [0.15, 0.2) is 17.5 Å². The number of ether oxygens (including phenoxy) is 1. The van der Waals surface area contributed by atoms with Crippen molar-refractivity contribution in [1.82, 2.24) is 0 Å². The van der Waals surface area contributed by atoms with Gasteiger partial charge >= 0.3 is 11.7 Å². The van der Waals surface area contributed by atoms with E-state index in [0.717, 1.165) is 0 Å². The summed E-state index contributed by atoms with van der Waals surface area (Å²) in [6.45, 7) is 0. The van der Waals surface area contributed by atoms with E-state index in [1.54, 1.807) is 6.07 Å². The number of rotatable bonds is 6. The molecule has 0 aliphatic heterocycles. The second-order valence-electron chi connectivity index (χ2n) is 3.29. The van der Waals surface area contributed by atoms with Gasteiger partial charge in [0.05, 0.1) is 18.4 Å². The van der Waals surface area contributed by atoms with Crippen molar-refractivity contribution >= 4 is 28.8 Å². The van der Waals surface area contributed by atoms with E-state index in [-0.39, 0.29) is 17.9 Å². The zero-order valence-corrected chi connectivity index (χ0v) is 10.2. The summed E-state index contributed by atoms with van der Waals surface area (Å²) in [5, 5.41) is 1.84. The SMILES string of the molecule is COC(=O)C(CCCC(=O)c1cccs1)=[N+]=[N-]. The molecule has 0 aliphatic carbocycles. The standard InChI is InChI=1S/C11H12N2O3S/c1-16-11(15)8(13-12)4-2-5-9(14)10-6-3-7-17-10/h3,6-7H,2,4-5H2,1H3. The Labute approximate surface area is 103 Å². The monoisotopic (exact) mass is 252 g/mol. The van der Waals surface area contributed by atoms with E-state index in [1.165, 1.54) is 18.4 Å². The topological polar surface area (TPSA) is 79.8 Å². The van der Waals surface area contributed by atoms with Crippen LogP contribution in [0.2, 0.25) is 0 Å². The van der Waals surface area contributed by atoms with Gasteiger partial charge in [0.2, 0.25) is 0 Å². The molecule has 0 fully saturated rings. The molecule has 0 N–H and O–H groups in total. The smallest absolute Gasteiger partial charge is 0.416 e.